The van der Waals surface area contributed by atoms with Crippen LogP contribution in [0.15, 0.2) is 18.2 Å². The number of hydrogen-bond acceptors (Lipinski definition) is 5. The number of carbonyl (C=O) groups excluding carboxylic acids is 4. The Morgan fingerprint density at radius 3 is 2.82 bits per heavy atom. The van der Waals surface area contributed by atoms with Crippen molar-refractivity contribution in [2.75, 3.05) is 5.73 Å². The minimum Gasteiger partial charge on any atom is -0.398 e. The molecule has 1 heterocycles. The van der Waals surface area contributed by atoms with E-state index in [1.807, 2.05) is 0 Å². The minimum absolute atomic E-state index is 0.195. The van der Waals surface area contributed by atoms with Gasteiger partial charge in [-0.15, -0.1) is 0 Å². The van der Waals surface area contributed by atoms with Crippen LogP contribution in [0, 0.1) is 6.92 Å². The van der Waals surface area contributed by atoms with Gasteiger partial charge in [0, 0.05) is 17.7 Å². The fraction of sp³-hybridized carbons (Fsp3) is 0.333. The van der Waals surface area contributed by atoms with Gasteiger partial charge in [-0.2, -0.15) is 0 Å². The molecule has 0 radical (unpaired) electrons. The van der Waals surface area contributed by atoms with Crippen LogP contribution in [0.3, 0.4) is 0 Å². The molecule has 7 heteroatoms. The molecule has 0 aliphatic carbocycles. The van der Waals surface area contributed by atoms with Crippen LogP contribution in [0.5, 0.6) is 0 Å². The molecule has 1 aliphatic heterocycles. The Bertz CT molecular complexity index is 642. The summed E-state index contributed by atoms with van der Waals surface area (Å²) in [7, 11) is 0. The molecule has 1 fully saturated rings. The van der Waals surface area contributed by atoms with E-state index >= 15 is 0 Å². The Labute approximate surface area is 127 Å². The van der Waals surface area contributed by atoms with Crippen molar-refractivity contribution in [2.24, 2.45) is 0 Å². The first kappa shape index (κ1) is 15.7. The van der Waals surface area contributed by atoms with Gasteiger partial charge in [-0.05, 0) is 37.5 Å². The standard InChI is InChI=1S/C15H17N3O4/c1-9-10(4-2-5-11(9)16)15(22)18(8-19)12-6-3-7-13(20)17-14(12)21/h2,4-5,8,12H,3,6-7,16H2,1H3,(H,17,20,21). The van der Waals surface area contributed by atoms with Gasteiger partial charge in [-0.1, -0.05) is 6.07 Å². The normalized spacial score (nSPS) is 18.3. The first-order valence-corrected chi connectivity index (χ1v) is 6.92. The maximum absolute atomic E-state index is 12.6. The number of nitrogens with two attached hydrogens (primary N) is 1. The summed E-state index contributed by atoms with van der Waals surface area (Å²) < 4.78 is 0. The third kappa shape index (κ3) is 2.98. The molecule has 116 valence electrons. The highest BCUT2D eigenvalue weighted by Gasteiger charge is 2.33. The lowest BCUT2D eigenvalue weighted by Crippen LogP contribution is -2.49. The van der Waals surface area contributed by atoms with Crippen LogP contribution in [0.2, 0.25) is 0 Å². The van der Waals surface area contributed by atoms with E-state index in [0.717, 1.165) is 4.90 Å². The molecule has 4 amide bonds. The lowest BCUT2D eigenvalue weighted by molar-refractivity contribution is -0.134. The zero-order valence-electron chi connectivity index (χ0n) is 12.2. The molecule has 0 spiro atoms. The van der Waals surface area contributed by atoms with E-state index in [-0.39, 0.29) is 18.4 Å². The zero-order valence-corrected chi connectivity index (χ0v) is 12.2. The highest BCUT2D eigenvalue weighted by Crippen LogP contribution is 2.20. The number of nitrogen functional groups attached to an aromatic ring is 1. The van der Waals surface area contributed by atoms with E-state index in [1.165, 1.54) is 0 Å². The Kier molecular flexibility index (Phi) is 4.55. The molecule has 1 aliphatic rings. The predicted molar refractivity (Wildman–Crippen MR) is 78.6 cm³/mol. The molecule has 7 nitrogen and oxygen atoms in total. The van der Waals surface area contributed by atoms with Crippen molar-refractivity contribution in [3.8, 4) is 0 Å². The maximum atomic E-state index is 12.6. The fourth-order valence-electron chi connectivity index (χ4n) is 2.42. The Balaban J connectivity index is 2.32. The van der Waals surface area contributed by atoms with E-state index in [0.29, 0.717) is 24.1 Å². The van der Waals surface area contributed by atoms with Gasteiger partial charge in [0.15, 0.2) is 0 Å². The number of imide groups is 2. The number of nitrogens with one attached hydrogen (secondary N) is 1. The third-order valence-corrected chi connectivity index (χ3v) is 3.74. The highest BCUT2D eigenvalue weighted by atomic mass is 16.2. The summed E-state index contributed by atoms with van der Waals surface area (Å²) >= 11 is 0. The maximum Gasteiger partial charge on any atom is 0.261 e. The molecule has 22 heavy (non-hydrogen) atoms. The van der Waals surface area contributed by atoms with Crippen LogP contribution in [0.25, 0.3) is 0 Å². The van der Waals surface area contributed by atoms with Crippen LogP contribution in [-0.2, 0) is 14.4 Å². The predicted octanol–water partition coefficient (Wildman–Crippen LogP) is 0.371. The quantitative estimate of drug-likeness (QED) is 0.476. The van der Waals surface area contributed by atoms with Gasteiger partial charge in [0.25, 0.3) is 5.91 Å². The first-order valence-electron chi connectivity index (χ1n) is 6.92. The van der Waals surface area contributed by atoms with Gasteiger partial charge in [0.05, 0.1) is 0 Å². The number of hydrogen-bond donors (Lipinski definition) is 2. The monoisotopic (exact) mass is 303 g/mol. The molecule has 1 unspecified atom stereocenters. The van der Waals surface area contributed by atoms with Gasteiger partial charge in [-0.25, -0.2) is 0 Å². The van der Waals surface area contributed by atoms with Crippen LogP contribution >= 0.6 is 0 Å². The minimum atomic E-state index is -0.989. The Morgan fingerprint density at radius 1 is 1.41 bits per heavy atom. The van der Waals surface area contributed by atoms with Crippen LogP contribution in [0.1, 0.15) is 35.2 Å². The molecular formula is C15H17N3O4. The molecule has 1 aromatic carbocycles. The van der Waals surface area contributed by atoms with Crippen molar-refractivity contribution in [1.29, 1.82) is 0 Å². The van der Waals surface area contributed by atoms with Gasteiger partial charge in [0.1, 0.15) is 6.04 Å². The summed E-state index contributed by atoms with van der Waals surface area (Å²) in [6.45, 7) is 1.67. The molecule has 0 bridgehead atoms. The van der Waals surface area contributed by atoms with Gasteiger partial charge in [-0.3, -0.25) is 29.4 Å². The van der Waals surface area contributed by atoms with Crippen molar-refractivity contribution < 1.29 is 19.2 Å². The number of rotatable bonds is 3. The summed E-state index contributed by atoms with van der Waals surface area (Å²) in [5.41, 5.74) is 7.00. The summed E-state index contributed by atoms with van der Waals surface area (Å²) in [5, 5.41) is 2.18. The zero-order chi connectivity index (χ0) is 16.3. The van der Waals surface area contributed by atoms with E-state index < -0.39 is 23.8 Å². The Morgan fingerprint density at radius 2 is 2.14 bits per heavy atom. The largest absolute Gasteiger partial charge is 0.398 e. The third-order valence-electron chi connectivity index (χ3n) is 3.74. The molecule has 1 atom stereocenters. The van der Waals surface area contributed by atoms with Gasteiger partial charge < -0.3 is 5.73 Å². The van der Waals surface area contributed by atoms with E-state index in [1.54, 1.807) is 25.1 Å². The lowest BCUT2D eigenvalue weighted by Gasteiger charge is -2.24. The summed E-state index contributed by atoms with van der Waals surface area (Å²) in [6, 6.07) is 3.81. The van der Waals surface area contributed by atoms with Crippen molar-refractivity contribution in [2.45, 2.75) is 32.2 Å². The van der Waals surface area contributed by atoms with Crippen molar-refractivity contribution in [1.82, 2.24) is 10.2 Å². The highest BCUT2D eigenvalue weighted by molar-refractivity contribution is 6.07. The molecule has 3 N–H and O–H groups in total. The van der Waals surface area contributed by atoms with E-state index in [4.69, 9.17) is 5.73 Å². The average molecular weight is 303 g/mol. The number of anilines is 1. The smallest absolute Gasteiger partial charge is 0.261 e. The molecular weight excluding hydrogens is 286 g/mol. The number of amides is 4. The second-order valence-electron chi connectivity index (χ2n) is 5.16. The van der Waals surface area contributed by atoms with Gasteiger partial charge in [0.2, 0.25) is 18.2 Å². The Hall–Kier alpha value is -2.70. The number of benzene rings is 1. The van der Waals surface area contributed by atoms with Crippen molar-refractivity contribution in [3.63, 3.8) is 0 Å². The van der Waals surface area contributed by atoms with E-state index in [9.17, 15) is 19.2 Å². The average Bonchev–Trinajstić information content (AvgIpc) is 2.64. The molecule has 0 saturated carbocycles. The SMILES string of the molecule is Cc1c(N)cccc1C(=O)N(C=O)C1CCCC(=O)NC1=O. The summed E-state index contributed by atoms with van der Waals surface area (Å²) in [4.78, 5) is 48.1. The first-order chi connectivity index (χ1) is 10.5. The van der Waals surface area contributed by atoms with Crippen molar-refractivity contribution in [3.05, 3.63) is 29.3 Å². The molecule has 2 rings (SSSR count). The number of carbonyl (C=O) groups is 4. The van der Waals surface area contributed by atoms with Gasteiger partial charge >= 0.3 is 0 Å². The van der Waals surface area contributed by atoms with Crippen LogP contribution in [0.4, 0.5) is 5.69 Å². The fourth-order valence-corrected chi connectivity index (χ4v) is 2.42. The van der Waals surface area contributed by atoms with Crippen LogP contribution < -0.4 is 11.1 Å². The summed E-state index contributed by atoms with van der Waals surface area (Å²) in [5.74, 6) is -1.63. The topological polar surface area (TPSA) is 110 Å². The van der Waals surface area contributed by atoms with Crippen molar-refractivity contribution >= 4 is 29.8 Å². The van der Waals surface area contributed by atoms with E-state index in [2.05, 4.69) is 5.32 Å². The molecule has 0 aromatic heterocycles. The molecule has 1 saturated heterocycles. The second kappa shape index (κ2) is 6.38. The summed E-state index contributed by atoms with van der Waals surface area (Å²) in [6.07, 6.45) is 1.20. The lowest BCUT2D eigenvalue weighted by atomic mass is 10.0. The van der Waals surface area contributed by atoms with Crippen LogP contribution in [-0.4, -0.2) is 35.1 Å². The number of nitrogens with zero attached hydrogens (tertiary/aromatic N) is 1. The second-order valence-corrected chi connectivity index (χ2v) is 5.16. The molecule has 1 aromatic rings.